The van der Waals surface area contributed by atoms with Crippen molar-refractivity contribution in [2.45, 2.75) is 78.4 Å². The van der Waals surface area contributed by atoms with E-state index in [0.717, 1.165) is 0 Å². The highest BCUT2D eigenvalue weighted by Gasteiger charge is 2.48. The zero-order chi connectivity index (χ0) is 30.7. The van der Waals surface area contributed by atoms with Gasteiger partial charge in [-0.1, -0.05) is 37.3 Å². The minimum atomic E-state index is -3.79. The van der Waals surface area contributed by atoms with Crippen molar-refractivity contribution in [1.82, 2.24) is 24.6 Å². The number of nitrogens with two attached hydrogens (primary N) is 1. The van der Waals surface area contributed by atoms with Gasteiger partial charge in [-0.25, -0.2) is 14.5 Å². The van der Waals surface area contributed by atoms with Crippen LogP contribution in [0.25, 0.3) is 11.2 Å². The molecule has 42 heavy (non-hydrogen) atoms. The molecule has 14 heteroatoms. The number of hydrogen-bond acceptors (Lipinski definition) is 10. The number of nitrogens with zero attached hydrogens (tertiary/aromatic N) is 5. The predicted molar refractivity (Wildman–Crippen MR) is 159 cm³/mol. The lowest BCUT2D eigenvalue weighted by Gasteiger charge is -2.27. The van der Waals surface area contributed by atoms with E-state index in [2.05, 4.69) is 20.0 Å². The van der Waals surface area contributed by atoms with E-state index < -0.39 is 38.2 Å². The van der Waals surface area contributed by atoms with E-state index >= 15 is 4.39 Å². The number of fused-ring (bicyclic) bond motifs is 1. The first-order chi connectivity index (χ1) is 19.9. The number of aromatic nitrogens is 4. The van der Waals surface area contributed by atoms with Crippen LogP contribution in [-0.4, -0.2) is 63.2 Å². The third kappa shape index (κ3) is 7.26. The molecule has 3 heterocycles. The Bertz CT molecular complexity index is 1420. The van der Waals surface area contributed by atoms with Gasteiger partial charge in [0.25, 0.3) is 7.52 Å². The molecule has 0 aliphatic carbocycles. The van der Waals surface area contributed by atoms with Gasteiger partial charge in [0, 0.05) is 25.4 Å². The summed E-state index contributed by atoms with van der Waals surface area (Å²) in [6, 6.07) is 8.06. The molecular formula is C28H41FN7O5P. The molecule has 3 N–H and O–H groups in total. The van der Waals surface area contributed by atoms with Crippen LogP contribution in [0.3, 0.4) is 0 Å². The van der Waals surface area contributed by atoms with Gasteiger partial charge in [-0.15, -0.1) is 0 Å². The van der Waals surface area contributed by atoms with Crippen LogP contribution >= 0.6 is 7.52 Å². The van der Waals surface area contributed by atoms with Gasteiger partial charge in [0.1, 0.15) is 18.9 Å². The summed E-state index contributed by atoms with van der Waals surface area (Å²) < 4.78 is 48.9. The number of nitrogen functional groups attached to an aromatic ring is 1. The van der Waals surface area contributed by atoms with Crippen molar-refractivity contribution in [2.24, 2.45) is 5.92 Å². The van der Waals surface area contributed by atoms with Gasteiger partial charge in [0.05, 0.1) is 18.6 Å². The van der Waals surface area contributed by atoms with Crippen LogP contribution in [0.1, 0.15) is 59.8 Å². The summed E-state index contributed by atoms with van der Waals surface area (Å²) in [7, 11) is -3.79. The molecule has 0 amide bonds. The second-order valence-electron chi connectivity index (χ2n) is 10.9. The average Bonchev–Trinajstić information content (AvgIpc) is 3.48. The van der Waals surface area contributed by atoms with Crippen molar-refractivity contribution in [3.63, 3.8) is 0 Å². The molecule has 3 aromatic rings. The number of alkyl halides is 1. The third-order valence-electron chi connectivity index (χ3n) is 7.02. The molecule has 0 radical (unpaired) electrons. The molecule has 12 nitrogen and oxygen atoms in total. The second-order valence-corrected chi connectivity index (χ2v) is 13.1. The molecule has 0 unspecified atom stereocenters. The molecule has 230 valence electrons. The number of nitrogens with one attached hydrogen (secondary N) is 1. The van der Waals surface area contributed by atoms with Crippen molar-refractivity contribution in [2.75, 3.05) is 30.3 Å². The van der Waals surface area contributed by atoms with Gasteiger partial charge < -0.3 is 24.6 Å². The minimum absolute atomic E-state index is 0.0307. The highest BCUT2D eigenvalue weighted by molar-refractivity contribution is 7.56. The Balaban J connectivity index is 1.55. The number of esters is 1. The van der Waals surface area contributed by atoms with E-state index in [1.807, 2.05) is 31.7 Å². The van der Waals surface area contributed by atoms with Crippen LogP contribution in [0.5, 0.6) is 0 Å². The molecule has 1 saturated heterocycles. The topological polar surface area (TPSA) is 147 Å². The lowest BCUT2D eigenvalue weighted by Crippen LogP contribution is -2.37. The molecule has 1 fully saturated rings. The van der Waals surface area contributed by atoms with Gasteiger partial charge in [0.2, 0.25) is 11.8 Å². The molecule has 1 aliphatic rings. The van der Waals surface area contributed by atoms with Gasteiger partial charge >= 0.3 is 5.97 Å². The standard InChI is InChI=1S/C28H41FN7O5P/c1-7-35(8-2)23-22-24(33-27(30)32-23)36(17-31-22)25-19(5)14-28(29,41-25)16-39-42(38,15-21-12-10-9-11-13-21)34-20(6)26(37)40-18(3)4/h9-13,17-20,25H,7-8,14-16H2,1-6H3,(H,34,38)(H2,30,32,33)/t19-,20-,25+,28-,42-/m0/s1. The number of benzene rings is 1. The number of hydrogen-bond donors (Lipinski definition) is 2. The van der Waals surface area contributed by atoms with Crippen LogP contribution in [0.15, 0.2) is 36.7 Å². The molecule has 5 atom stereocenters. The summed E-state index contributed by atoms with van der Waals surface area (Å²) in [4.78, 5) is 27.8. The van der Waals surface area contributed by atoms with E-state index in [4.69, 9.17) is 19.7 Å². The number of rotatable bonds is 13. The number of anilines is 2. The number of carbonyl (C=O) groups excluding carboxylic acids is 1. The van der Waals surface area contributed by atoms with E-state index in [1.165, 1.54) is 6.92 Å². The first-order valence-electron chi connectivity index (χ1n) is 14.2. The van der Waals surface area contributed by atoms with Gasteiger partial charge in [-0.05, 0) is 40.2 Å². The molecule has 0 saturated carbocycles. The lowest BCUT2D eigenvalue weighted by molar-refractivity contribution is -0.172. The first kappa shape index (κ1) is 31.8. The highest BCUT2D eigenvalue weighted by atomic mass is 31.2. The maximum Gasteiger partial charge on any atom is 0.323 e. The van der Waals surface area contributed by atoms with Crippen LogP contribution in [0.4, 0.5) is 16.2 Å². The van der Waals surface area contributed by atoms with Crippen molar-refractivity contribution < 1.29 is 27.7 Å². The average molecular weight is 606 g/mol. The summed E-state index contributed by atoms with van der Waals surface area (Å²) in [5.41, 5.74) is 7.71. The number of ether oxygens (including phenoxy) is 2. The lowest BCUT2D eigenvalue weighted by atomic mass is 10.1. The summed E-state index contributed by atoms with van der Waals surface area (Å²) in [5.74, 6) is -2.49. The Morgan fingerprint density at radius 2 is 1.95 bits per heavy atom. The fraction of sp³-hybridized carbons (Fsp3) is 0.571. The number of halogens is 1. The first-order valence-corrected chi connectivity index (χ1v) is 16.1. The maximum atomic E-state index is 16.3. The molecule has 0 spiro atoms. The summed E-state index contributed by atoms with van der Waals surface area (Å²) in [6.07, 6.45) is 0.335. The number of imidazole rings is 1. The highest BCUT2D eigenvalue weighted by Crippen LogP contribution is 2.50. The molecule has 1 aliphatic heterocycles. The largest absolute Gasteiger partial charge is 0.462 e. The fourth-order valence-corrected chi connectivity index (χ4v) is 7.11. The second kappa shape index (κ2) is 13.0. The van der Waals surface area contributed by atoms with E-state index in [1.54, 1.807) is 49.0 Å². The normalized spacial score (nSPS) is 22.8. The van der Waals surface area contributed by atoms with Crippen LogP contribution in [0, 0.1) is 5.92 Å². The molecule has 4 rings (SSSR count). The Morgan fingerprint density at radius 3 is 2.60 bits per heavy atom. The Morgan fingerprint density at radius 1 is 1.26 bits per heavy atom. The fourth-order valence-electron chi connectivity index (χ4n) is 5.07. The smallest absolute Gasteiger partial charge is 0.323 e. The maximum absolute atomic E-state index is 16.3. The Hall–Kier alpha value is -3.12. The SMILES string of the molecule is CCN(CC)c1nc(N)nc2c1ncn2[C@@H]1O[C@](F)(CO[P@@](=O)(Cc2ccccc2)N[C@@H](C)C(=O)OC(C)C)C[C@@H]1C. The zero-order valence-electron chi connectivity index (χ0n) is 25.0. The molecular weight excluding hydrogens is 564 g/mol. The number of carbonyl (C=O) groups is 1. The molecule has 0 bridgehead atoms. The quantitative estimate of drug-likeness (QED) is 0.204. The minimum Gasteiger partial charge on any atom is -0.462 e. The van der Waals surface area contributed by atoms with E-state index in [0.29, 0.717) is 35.6 Å². The van der Waals surface area contributed by atoms with Crippen LogP contribution in [0.2, 0.25) is 0 Å². The van der Waals surface area contributed by atoms with Gasteiger partial charge in [0.15, 0.2) is 17.0 Å². The van der Waals surface area contributed by atoms with Crippen LogP contribution in [-0.2, 0) is 29.5 Å². The molecule has 1 aromatic carbocycles. The predicted octanol–water partition coefficient (Wildman–Crippen LogP) is 4.82. The molecule has 2 aromatic heterocycles. The van der Waals surface area contributed by atoms with E-state index in [9.17, 15) is 9.36 Å². The van der Waals surface area contributed by atoms with Crippen molar-refractivity contribution in [1.29, 1.82) is 0 Å². The van der Waals surface area contributed by atoms with Crippen molar-refractivity contribution in [3.05, 3.63) is 42.2 Å². The van der Waals surface area contributed by atoms with Gasteiger partial charge in [-0.3, -0.25) is 13.9 Å². The zero-order valence-corrected chi connectivity index (χ0v) is 25.9. The van der Waals surface area contributed by atoms with Gasteiger partial charge in [-0.2, -0.15) is 9.97 Å². The van der Waals surface area contributed by atoms with Crippen LogP contribution < -0.4 is 15.7 Å². The Labute approximate surface area is 245 Å². The summed E-state index contributed by atoms with van der Waals surface area (Å²) >= 11 is 0. The van der Waals surface area contributed by atoms with Crippen molar-refractivity contribution in [3.8, 4) is 0 Å². The van der Waals surface area contributed by atoms with E-state index in [-0.39, 0.29) is 30.6 Å². The third-order valence-corrected chi connectivity index (χ3v) is 9.13. The summed E-state index contributed by atoms with van der Waals surface area (Å²) in [6.45, 7) is 11.6. The van der Waals surface area contributed by atoms with Crippen molar-refractivity contribution >= 4 is 36.4 Å². The monoisotopic (exact) mass is 605 g/mol. The summed E-state index contributed by atoms with van der Waals surface area (Å²) in [5, 5.41) is 2.78. The Kier molecular flexibility index (Phi) is 9.87.